The predicted molar refractivity (Wildman–Crippen MR) is 81.3 cm³/mol. The minimum atomic E-state index is -0.630. The van der Waals surface area contributed by atoms with Crippen LogP contribution in [0.2, 0.25) is 0 Å². The van der Waals surface area contributed by atoms with Crippen LogP contribution >= 0.6 is 0 Å². The fourth-order valence-electron chi connectivity index (χ4n) is 3.87. The molecule has 5 nitrogen and oxygen atoms in total. The molecule has 3 rings (SSSR count). The second kappa shape index (κ2) is 5.21. The van der Waals surface area contributed by atoms with Crippen LogP contribution in [0.15, 0.2) is 12.5 Å². The molecular weight excluding hydrogens is 280 g/mol. The Hall–Kier alpha value is -1.65. The van der Waals surface area contributed by atoms with E-state index >= 15 is 0 Å². The molecular formula is C17H24N2O3. The standard InChI is InChI=1S/C17H24N2O3/c1-16(2,3)22-15(21)12-6-4-7-17(14(12)20)8-5-9-19-11-18-10-13(17)19/h10-12H,4-9H2,1-3H3. The number of fused-ring (bicyclic) bond motifs is 2. The van der Waals surface area contributed by atoms with Crippen molar-refractivity contribution in [3.8, 4) is 0 Å². The average Bonchev–Trinajstić information content (AvgIpc) is 2.89. The van der Waals surface area contributed by atoms with Crippen LogP contribution in [0.4, 0.5) is 0 Å². The number of ether oxygens (including phenoxy) is 1. The van der Waals surface area contributed by atoms with Gasteiger partial charge in [0.1, 0.15) is 11.5 Å². The second-order valence-corrected chi connectivity index (χ2v) is 7.50. The van der Waals surface area contributed by atoms with Crippen LogP contribution in [0.25, 0.3) is 0 Å². The first kappa shape index (κ1) is 15.3. The van der Waals surface area contributed by atoms with Crippen LogP contribution in [0.1, 0.15) is 58.6 Å². The molecule has 2 atom stereocenters. The highest BCUT2D eigenvalue weighted by Crippen LogP contribution is 2.45. The van der Waals surface area contributed by atoms with E-state index in [2.05, 4.69) is 9.55 Å². The summed E-state index contributed by atoms with van der Waals surface area (Å²) in [6, 6.07) is 0. The minimum absolute atomic E-state index is 0.0365. The molecule has 120 valence electrons. The van der Waals surface area contributed by atoms with Gasteiger partial charge >= 0.3 is 5.97 Å². The van der Waals surface area contributed by atoms with Gasteiger partial charge in [0.15, 0.2) is 5.78 Å². The number of ketones is 1. The normalized spacial score (nSPS) is 28.5. The van der Waals surface area contributed by atoms with Gasteiger partial charge in [0.25, 0.3) is 0 Å². The fraction of sp³-hybridized carbons (Fsp3) is 0.706. The molecule has 5 heteroatoms. The Morgan fingerprint density at radius 1 is 1.36 bits per heavy atom. The van der Waals surface area contributed by atoms with E-state index in [1.807, 2.05) is 20.8 Å². The van der Waals surface area contributed by atoms with E-state index in [1.54, 1.807) is 12.5 Å². The molecule has 0 radical (unpaired) electrons. The Bertz CT molecular complexity index is 599. The highest BCUT2D eigenvalue weighted by atomic mass is 16.6. The van der Waals surface area contributed by atoms with Crippen molar-refractivity contribution in [2.24, 2.45) is 5.92 Å². The zero-order chi connectivity index (χ0) is 16.0. The van der Waals surface area contributed by atoms with E-state index in [4.69, 9.17) is 4.74 Å². The van der Waals surface area contributed by atoms with Crippen molar-refractivity contribution >= 4 is 11.8 Å². The van der Waals surface area contributed by atoms with Crippen LogP contribution in [0, 0.1) is 5.92 Å². The number of nitrogens with zero attached hydrogens (tertiary/aromatic N) is 2. The smallest absolute Gasteiger partial charge is 0.317 e. The molecule has 1 fully saturated rings. The van der Waals surface area contributed by atoms with Gasteiger partial charge in [-0.25, -0.2) is 4.98 Å². The molecule has 2 unspecified atom stereocenters. The van der Waals surface area contributed by atoms with Gasteiger partial charge < -0.3 is 9.30 Å². The summed E-state index contributed by atoms with van der Waals surface area (Å²) in [6.45, 7) is 6.42. The third-order valence-electron chi connectivity index (χ3n) is 4.78. The molecule has 0 bridgehead atoms. The zero-order valence-electron chi connectivity index (χ0n) is 13.6. The van der Waals surface area contributed by atoms with Crippen LogP contribution in [0.3, 0.4) is 0 Å². The zero-order valence-corrected chi connectivity index (χ0v) is 13.6. The molecule has 1 spiro atoms. The Balaban J connectivity index is 1.90. The van der Waals surface area contributed by atoms with Gasteiger partial charge in [-0.05, 0) is 46.5 Å². The second-order valence-electron chi connectivity index (χ2n) is 7.50. The first-order chi connectivity index (χ1) is 10.3. The van der Waals surface area contributed by atoms with Crippen molar-refractivity contribution < 1.29 is 14.3 Å². The summed E-state index contributed by atoms with van der Waals surface area (Å²) in [6.07, 6.45) is 7.66. The van der Waals surface area contributed by atoms with E-state index in [1.165, 1.54) is 0 Å². The van der Waals surface area contributed by atoms with Crippen LogP contribution in [-0.4, -0.2) is 26.9 Å². The number of imidazole rings is 1. The monoisotopic (exact) mass is 304 g/mol. The maximum atomic E-state index is 13.1. The number of aromatic nitrogens is 2. The van der Waals surface area contributed by atoms with Gasteiger partial charge in [-0.2, -0.15) is 0 Å². The number of Topliss-reactive ketones (excluding diaryl/α,β-unsaturated/α-hetero) is 1. The molecule has 2 aliphatic rings. The molecule has 22 heavy (non-hydrogen) atoms. The number of hydrogen-bond acceptors (Lipinski definition) is 4. The molecule has 1 aromatic rings. The number of carbonyl (C=O) groups excluding carboxylic acids is 2. The molecule has 0 aromatic carbocycles. The van der Waals surface area contributed by atoms with E-state index in [-0.39, 0.29) is 11.8 Å². The van der Waals surface area contributed by atoms with Gasteiger partial charge in [-0.1, -0.05) is 6.42 Å². The highest BCUT2D eigenvalue weighted by Gasteiger charge is 2.51. The Morgan fingerprint density at radius 3 is 2.82 bits per heavy atom. The van der Waals surface area contributed by atoms with Crippen LogP contribution < -0.4 is 0 Å². The minimum Gasteiger partial charge on any atom is -0.459 e. The average molecular weight is 304 g/mol. The summed E-state index contributed by atoms with van der Waals surface area (Å²) in [7, 11) is 0. The summed E-state index contributed by atoms with van der Waals surface area (Å²) in [4.78, 5) is 29.8. The lowest BCUT2D eigenvalue weighted by Crippen LogP contribution is -2.49. The SMILES string of the molecule is CC(C)(C)OC(=O)C1CCCC2(CCCn3cncc32)C1=O. The topological polar surface area (TPSA) is 61.2 Å². The lowest BCUT2D eigenvalue weighted by molar-refractivity contribution is -0.165. The number of aryl methyl sites for hydroxylation is 1. The molecule has 0 saturated heterocycles. The van der Waals surface area contributed by atoms with Gasteiger partial charge in [0, 0.05) is 12.7 Å². The molecule has 0 amide bonds. The summed E-state index contributed by atoms with van der Waals surface area (Å²) < 4.78 is 7.54. The number of esters is 1. The van der Waals surface area contributed by atoms with Crippen molar-refractivity contribution in [1.29, 1.82) is 0 Å². The molecule has 1 saturated carbocycles. The largest absolute Gasteiger partial charge is 0.459 e. The van der Waals surface area contributed by atoms with Crippen molar-refractivity contribution in [2.75, 3.05) is 0 Å². The third-order valence-corrected chi connectivity index (χ3v) is 4.78. The van der Waals surface area contributed by atoms with Crippen molar-refractivity contribution in [1.82, 2.24) is 9.55 Å². The third kappa shape index (κ3) is 2.46. The van der Waals surface area contributed by atoms with Gasteiger partial charge in [-0.3, -0.25) is 9.59 Å². The number of carbonyl (C=O) groups is 2. The first-order valence-electron chi connectivity index (χ1n) is 8.11. The Labute approximate surface area is 131 Å². The van der Waals surface area contributed by atoms with Crippen molar-refractivity contribution in [2.45, 2.75) is 70.4 Å². The summed E-state index contributed by atoms with van der Waals surface area (Å²) in [5.74, 6) is -0.961. The maximum Gasteiger partial charge on any atom is 0.317 e. The molecule has 0 N–H and O–H groups in total. The van der Waals surface area contributed by atoms with Crippen molar-refractivity contribution in [3.63, 3.8) is 0 Å². The Morgan fingerprint density at radius 2 is 2.09 bits per heavy atom. The Kier molecular flexibility index (Phi) is 3.62. The predicted octanol–water partition coefficient (Wildman–Crippen LogP) is 2.63. The van der Waals surface area contributed by atoms with Gasteiger partial charge in [-0.15, -0.1) is 0 Å². The molecule has 1 aliphatic carbocycles. The summed E-state index contributed by atoms with van der Waals surface area (Å²) in [5.41, 5.74) is -0.109. The highest BCUT2D eigenvalue weighted by molar-refractivity contribution is 6.05. The quantitative estimate of drug-likeness (QED) is 0.591. The van der Waals surface area contributed by atoms with Crippen LogP contribution in [-0.2, 0) is 26.3 Å². The van der Waals surface area contributed by atoms with E-state index in [0.29, 0.717) is 6.42 Å². The maximum absolute atomic E-state index is 13.1. The lowest BCUT2D eigenvalue weighted by Gasteiger charge is -2.42. The van der Waals surface area contributed by atoms with E-state index < -0.39 is 16.9 Å². The fourth-order valence-corrected chi connectivity index (χ4v) is 3.87. The van der Waals surface area contributed by atoms with Crippen molar-refractivity contribution in [3.05, 3.63) is 18.2 Å². The number of hydrogen-bond donors (Lipinski definition) is 0. The summed E-state index contributed by atoms with van der Waals surface area (Å²) >= 11 is 0. The van der Waals surface area contributed by atoms with E-state index in [9.17, 15) is 9.59 Å². The van der Waals surface area contributed by atoms with Crippen LogP contribution in [0.5, 0.6) is 0 Å². The lowest BCUT2D eigenvalue weighted by atomic mass is 9.63. The molecule has 1 aliphatic heterocycles. The van der Waals surface area contributed by atoms with Gasteiger partial charge in [0.05, 0.1) is 17.4 Å². The number of rotatable bonds is 1. The van der Waals surface area contributed by atoms with Gasteiger partial charge in [0.2, 0.25) is 0 Å². The van der Waals surface area contributed by atoms with E-state index in [0.717, 1.165) is 37.9 Å². The summed E-state index contributed by atoms with van der Waals surface area (Å²) in [5, 5.41) is 0. The molecule has 1 aromatic heterocycles. The molecule has 2 heterocycles. The first-order valence-corrected chi connectivity index (χ1v) is 8.11.